The van der Waals surface area contributed by atoms with E-state index in [-0.39, 0.29) is 0 Å². The van der Waals surface area contributed by atoms with Gasteiger partial charge in [-0.3, -0.25) is 0 Å². The normalized spacial score (nSPS) is 11.9. The molecule has 0 atom stereocenters. The molecule has 0 aliphatic rings. The molecular formula is C102H60N8O2S2. The van der Waals surface area contributed by atoms with E-state index in [0.717, 1.165) is 133 Å². The van der Waals surface area contributed by atoms with E-state index in [1.807, 2.05) is 156 Å². The highest BCUT2D eigenvalue weighted by molar-refractivity contribution is 7.26. The van der Waals surface area contributed by atoms with Crippen molar-refractivity contribution in [2.45, 2.75) is 0 Å². The summed E-state index contributed by atoms with van der Waals surface area (Å²) in [4.78, 5) is 30.8. The Hall–Kier alpha value is -14.8. The van der Waals surface area contributed by atoms with Crippen LogP contribution >= 0.6 is 22.7 Å². The average molecular weight is 1490 g/mol. The monoisotopic (exact) mass is 1490 g/mol. The predicted octanol–water partition coefficient (Wildman–Crippen LogP) is 27.8. The number of fused-ring (bicyclic) bond motifs is 18. The van der Waals surface area contributed by atoms with Crippen LogP contribution in [0.25, 0.3) is 230 Å². The summed E-state index contributed by atoms with van der Waals surface area (Å²) < 4.78 is 24.1. The summed E-state index contributed by atoms with van der Waals surface area (Å²) in [5.41, 5.74) is 19.5. The second-order valence-electron chi connectivity index (χ2n) is 28.6. The zero-order valence-corrected chi connectivity index (χ0v) is 62.5. The first-order valence-corrected chi connectivity index (χ1v) is 39.7. The summed E-state index contributed by atoms with van der Waals surface area (Å²) in [6.07, 6.45) is 0. The lowest BCUT2D eigenvalue weighted by Gasteiger charge is -2.13. The van der Waals surface area contributed by atoms with Crippen molar-refractivity contribution in [2.75, 3.05) is 0 Å². The number of benzene rings is 16. The molecule has 0 aliphatic carbocycles. The van der Waals surface area contributed by atoms with Crippen LogP contribution in [0, 0.1) is 0 Å². The number of rotatable bonds is 10. The number of nitrogens with zero attached hydrogens (tertiary/aromatic N) is 8. The van der Waals surface area contributed by atoms with E-state index in [0.29, 0.717) is 34.9 Å². The molecule has 24 rings (SSSR count). The maximum atomic E-state index is 7.14. The molecule has 24 aromatic rings. The van der Waals surface area contributed by atoms with Crippen LogP contribution in [0.1, 0.15) is 0 Å². The quantitative estimate of drug-likeness (QED) is 0.133. The molecule has 0 fully saturated rings. The fraction of sp³-hybridized carbons (Fsp3) is 0. The zero-order chi connectivity index (χ0) is 74.9. The molecule has 0 radical (unpaired) electrons. The highest BCUT2D eigenvalue weighted by atomic mass is 32.1. The lowest BCUT2D eigenvalue weighted by Crippen LogP contribution is -2.00. The van der Waals surface area contributed by atoms with Crippen molar-refractivity contribution in [2.24, 2.45) is 0 Å². The van der Waals surface area contributed by atoms with Crippen molar-refractivity contribution in [3.8, 4) is 102 Å². The van der Waals surface area contributed by atoms with Crippen LogP contribution in [-0.4, -0.2) is 39.0 Å². The fourth-order valence-corrected chi connectivity index (χ4v) is 19.4. The lowest BCUT2D eigenvalue weighted by atomic mass is 9.97. The molecule has 532 valence electrons. The van der Waals surface area contributed by atoms with Crippen LogP contribution in [0.2, 0.25) is 0 Å². The van der Waals surface area contributed by atoms with Gasteiger partial charge in [-0.25, -0.2) is 29.9 Å². The van der Waals surface area contributed by atoms with Gasteiger partial charge in [0.15, 0.2) is 34.9 Å². The Balaban J connectivity index is 0.000000135. The molecule has 12 heteroatoms. The minimum Gasteiger partial charge on any atom is -0.455 e. The van der Waals surface area contributed by atoms with E-state index < -0.39 is 0 Å². The largest absolute Gasteiger partial charge is 0.455 e. The summed E-state index contributed by atoms with van der Waals surface area (Å²) in [6.45, 7) is 0. The maximum absolute atomic E-state index is 7.14. The molecule has 114 heavy (non-hydrogen) atoms. The van der Waals surface area contributed by atoms with Crippen LogP contribution in [0.5, 0.6) is 0 Å². The Bertz CT molecular complexity index is 7770. The highest BCUT2D eigenvalue weighted by Crippen LogP contribution is 2.51. The molecule has 0 N–H and O–H groups in total. The van der Waals surface area contributed by atoms with E-state index in [1.54, 1.807) is 0 Å². The van der Waals surface area contributed by atoms with Crippen molar-refractivity contribution >= 4 is 151 Å². The second-order valence-corrected chi connectivity index (χ2v) is 30.8. The third-order valence-corrected chi connectivity index (χ3v) is 24.5. The topological polar surface area (TPSA) is 113 Å². The standard InChI is InChI=1S/2C51H30N4OS/c1-3-15-31(16-4-1)49-52-50(32-17-5-2-6-18-32)54-51(53-49)39-24-14-27-43-45(39)46-42(55-40-25-10-7-19-33(40)34-20-8-11-26-41(34)55)30-29-36(47(46)56-43)38-23-13-22-37-35-21-9-12-28-44(35)57-48(37)38;1-3-14-31(15-4-1)49-52-50(32-16-5-2-6-17-32)54-51(53-49)38-21-13-24-43-46(38)47-42(55-40-22-10-7-18-35(40)36-19-8-11-23-41(36)55)28-27-34(48(47)56-43)33-26-29-45-39(30-33)37-20-9-12-25-44(37)57-45/h2*1-30H. The fourth-order valence-electron chi connectivity index (χ4n) is 17.1. The van der Waals surface area contributed by atoms with Crippen LogP contribution in [0.4, 0.5) is 0 Å². The average Bonchev–Trinajstić information content (AvgIpc) is 1.55. The molecule has 8 aromatic heterocycles. The Morgan fingerprint density at radius 2 is 0.553 bits per heavy atom. The summed E-state index contributed by atoms with van der Waals surface area (Å²) in [5, 5.41) is 13.7. The second kappa shape index (κ2) is 26.5. The van der Waals surface area contributed by atoms with E-state index in [2.05, 4.69) is 240 Å². The molecular weight excluding hydrogens is 1430 g/mol. The number of hydrogen-bond donors (Lipinski definition) is 0. The van der Waals surface area contributed by atoms with Crippen molar-refractivity contribution in [3.63, 3.8) is 0 Å². The molecule has 8 heterocycles. The number of thiophene rings is 2. The molecule has 0 bridgehead atoms. The van der Waals surface area contributed by atoms with Crippen molar-refractivity contribution in [3.05, 3.63) is 364 Å². The number of furan rings is 2. The van der Waals surface area contributed by atoms with E-state index in [1.165, 1.54) is 61.9 Å². The first kappa shape index (κ1) is 65.1. The molecule has 0 spiro atoms. The van der Waals surface area contributed by atoms with Crippen molar-refractivity contribution < 1.29 is 8.83 Å². The molecule has 0 amide bonds. The third kappa shape index (κ3) is 10.5. The molecule has 0 unspecified atom stereocenters. The summed E-state index contributed by atoms with van der Waals surface area (Å²) >= 11 is 3.66. The first-order valence-electron chi connectivity index (χ1n) is 38.1. The third-order valence-electron chi connectivity index (χ3n) is 22.2. The maximum Gasteiger partial charge on any atom is 0.164 e. The van der Waals surface area contributed by atoms with Gasteiger partial charge in [0, 0.05) is 123 Å². The highest BCUT2D eigenvalue weighted by Gasteiger charge is 2.29. The van der Waals surface area contributed by atoms with Gasteiger partial charge in [-0.05, 0) is 90.5 Å². The van der Waals surface area contributed by atoms with Gasteiger partial charge >= 0.3 is 0 Å². The predicted molar refractivity (Wildman–Crippen MR) is 472 cm³/mol. The van der Waals surface area contributed by atoms with Gasteiger partial charge in [0.1, 0.15) is 22.3 Å². The SMILES string of the molecule is c1ccc(-c2nc(-c3ccccc3)nc(-c3cccc4oc5c(-c6ccc7sc8ccccc8c7c6)ccc(-n6c7ccccc7c7ccccc76)c5c34)n2)cc1.c1ccc(-c2nc(-c3ccccc3)nc(-c3cccc4oc5c(-c6cccc7c6sc6ccccc67)ccc(-n6c7ccccc7c7ccccc76)c5c34)n2)cc1. The number of para-hydroxylation sites is 4. The molecule has 16 aromatic carbocycles. The molecule has 0 saturated carbocycles. The van der Waals surface area contributed by atoms with E-state index >= 15 is 0 Å². The molecule has 10 nitrogen and oxygen atoms in total. The minimum atomic E-state index is 0.584. The van der Waals surface area contributed by atoms with Gasteiger partial charge in [0.05, 0.1) is 44.2 Å². The van der Waals surface area contributed by atoms with Gasteiger partial charge in [-0.1, -0.05) is 279 Å². The van der Waals surface area contributed by atoms with Gasteiger partial charge in [0.2, 0.25) is 0 Å². The van der Waals surface area contributed by atoms with Crippen molar-refractivity contribution in [1.29, 1.82) is 0 Å². The van der Waals surface area contributed by atoms with E-state index in [4.69, 9.17) is 38.7 Å². The number of hydrogen-bond acceptors (Lipinski definition) is 10. The van der Waals surface area contributed by atoms with Gasteiger partial charge in [-0.2, -0.15) is 0 Å². The van der Waals surface area contributed by atoms with Gasteiger partial charge in [0.25, 0.3) is 0 Å². The Kier molecular flexibility index (Phi) is 15.1. The Morgan fingerprint density at radius 1 is 0.211 bits per heavy atom. The minimum absolute atomic E-state index is 0.584. The summed E-state index contributed by atoms with van der Waals surface area (Å²) in [7, 11) is 0. The van der Waals surface area contributed by atoms with Crippen LogP contribution in [0.3, 0.4) is 0 Å². The molecule has 0 aliphatic heterocycles. The lowest BCUT2D eigenvalue weighted by molar-refractivity contribution is 0.669. The van der Waals surface area contributed by atoms with Crippen LogP contribution < -0.4 is 0 Å². The Labute approximate surface area is 659 Å². The smallest absolute Gasteiger partial charge is 0.164 e. The van der Waals surface area contributed by atoms with Gasteiger partial charge < -0.3 is 18.0 Å². The first-order chi connectivity index (χ1) is 56.5. The zero-order valence-electron chi connectivity index (χ0n) is 60.9. The number of aromatic nitrogens is 8. The summed E-state index contributed by atoms with van der Waals surface area (Å²) in [6, 6.07) is 127. The molecule has 0 saturated heterocycles. The van der Waals surface area contributed by atoms with Gasteiger partial charge in [-0.15, -0.1) is 22.7 Å². The Morgan fingerprint density at radius 3 is 1.01 bits per heavy atom. The summed E-state index contributed by atoms with van der Waals surface area (Å²) in [5.74, 6) is 3.63. The van der Waals surface area contributed by atoms with Crippen LogP contribution in [-0.2, 0) is 0 Å². The van der Waals surface area contributed by atoms with Crippen molar-refractivity contribution in [1.82, 2.24) is 39.0 Å². The van der Waals surface area contributed by atoms with E-state index in [9.17, 15) is 0 Å². The van der Waals surface area contributed by atoms with Crippen LogP contribution in [0.15, 0.2) is 373 Å².